The zero-order chi connectivity index (χ0) is 26.1. The number of nitrogens with two attached hydrogens (primary N) is 1. The Kier molecular flexibility index (Phi) is 14.4. The Labute approximate surface area is 209 Å². The number of aliphatic hydroxyl groups is 1. The van der Waals surface area contributed by atoms with E-state index < -0.39 is 0 Å². The van der Waals surface area contributed by atoms with Crippen molar-refractivity contribution in [2.24, 2.45) is 18.7 Å². The van der Waals surface area contributed by atoms with Gasteiger partial charge in [-0.3, -0.25) is 9.36 Å². The highest BCUT2D eigenvalue weighted by atomic mass is 16.5. The van der Waals surface area contributed by atoms with Gasteiger partial charge in [-0.15, -0.1) is 0 Å². The van der Waals surface area contributed by atoms with Crippen LogP contribution in [0, 0.1) is 17.2 Å². The number of nitrogens with zero attached hydrogens (tertiary/aromatic N) is 2. The summed E-state index contributed by atoms with van der Waals surface area (Å²) >= 11 is 0. The molecule has 1 saturated heterocycles. The molecule has 1 aliphatic heterocycles. The molecule has 1 fully saturated rings. The fraction of sp³-hybridized carbons (Fsp3) is 0.423. The second-order valence-electron chi connectivity index (χ2n) is 7.80. The number of fused-ring (bicyclic) bond motifs is 1. The quantitative estimate of drug-likeness (QED) is 0.481. The van der Waals surface area contributed by atoms with Gasteiger partial charge in [-0.1, -0.05) is 37.3 Å². The number of carbonyl (C=O) groups is 1. The molecule has 1 amide bonds. The van der Waals surface area contributed by atoms with Crippen LogP contribution in [0.2, 0.25) is 0 Å². The lowest BCUT2D eigenvalue weighted by Gasteiger charge is -2.04. The summed E-state index contributed by atoms with van der Waals surface area (Å²) in [6.07, 6.45) is 1.55. The highest BCUT2D eigenvalue weighted by molar-refractivity contribution is 5.80. The lowest BCUT2D eigenvalue weighted by atomic mass is 10.0. The Bertz CT molecular complexity index is 1100. The monoisotopic (exact) mass is 488 g/mol. The average Bonchev–Trinajstić information content (AvgIpc) is 2.99. The molecule has 0 unspecified atom stereocenters. The Hall–Kier alpha value is -3.45. The topological polar surface area (TPSA) is 144 Å². The van der Waals surface area contributed by atoms with Gasteiger partial charge in [0.1, 0.15) is 0 Å². The summed E-state index contributed by atoms with van der Waals surface area (Å²) in [5, 5.41) is 19.4. The van der Waals surface area contributed by atoms with Crippen molar-refractivity contribution in [2.45, 2.75) is 26.7 Å². The van der Waals surface area contributed by atoms with Crippen molar-refractivity contribution < 1.29 is 21.9 Å². The van der Waals surface area contributed by atoms with Crippen molar-refractivity contribution in [3.05, 3.63) is 58.6 Å². The van der Waals surface area contributed by atoms with E-state index >= 15 is 0 Å². The summed E-state index contributed by atoms with van der Waals surface area (Å²) in [5.74, 6) is 0.339. The molecule has 1 aromatic heterocycles. The van der Waals surface area contributed by atoms with E-state index in [1.807, 2.05) is 42.5 Å². The molecule has 194 valence electrons. The van der Waals surface area contributed by atoms with Crippen molar-refractivity contribution in [3.63, 3.8) is 0 Å². The van der Waals surface area contributed by atoms with E-state index in [1.165, 1.54) is 4.57 Å². The number of ether oxygens (including phenoxy) is 1. The van der Waals surface area contributed by atoms with Gasteiger partial charge >= 0.3 is 5.76 Å². The molecule has 2 heterocycles. The summed E-state index contributed by atoms with van der Waals surface area (Å²) in [7, 11) is 1.70. The Morgan fingerprint density at radius 2 is 1.91 bits per heavy atom. The van der Waals surface area contributed by atoms with Crippen LogP contribution in [0.25, 0.3) is 22.2 Å². The summed E-state index contributed by atoms with van der Waals surface area (Å²) in [6, 6.07) is 16.0. The summed E-state index contributed by atoms with van der Waals surface area (Å²) in [5.41, 5.74) is 8.80. The number of rotatable bonds is 3. The molecular formula is C26H40N4O5. The Balaban J connectivity index is 0. The molecule has 35 heavy (non-hydrogen) atoms. The van der Waals surface area contributed by atoms with E-state index in [0.717, 1.165) is 54.9 Å². The Morgan fingerprint density at radius 1 is 1.29 bits per heavy atom. The highest BCUT2D eigenvalue weighted by Crippen LogP contribution is 2.24. The third-order valence-corrected chi connectivity index (χ3v) is 4.92. The number of oxazole rings is 1. The maximum atomic E-state index is 11.5. The first-order chi connectivity index (χ1) is 16.9. The molecule has 4 rings (SSSR count). The number of nitrogens with one attached hydrogen (secondary N) is 1. The number of carbonyl (C=O) groups excluding carboxylic acids is 1. The maximum absolute atomic E-state index is 11.5. The third kappa shape index (κ3) is 10.6. The van der Waals surface area contributed by atoms with Crippen LogP contribution in [0.5, 0.6) is 0 Å². The van der Waals surface area contributed by atoms with Crippen LogP contribution in [0.3, 0.4) is 0 Å². The zero-order valence-electron chi connectivity index (χ0n) is 20.7. The fourth-order valence-corrected chi connectivity index (χ4v) is 3.21. The zero-order valence-corrected chi connectivity index (χ0v) is 20.7. The lowest BCUT2D eigenvalue weighted by molar-refractivity contribution is -0.106. The van der Waals surface area contributed by atoms with E-state index in [4.69, 9.17) is 24.3 Å². The number of primary amides is 1. The van der Waals surface area contributed by atoms with Crippen LogP contribution < -0.4 is 16.8 Å². The SMILES string of the molecule is CCO.C[C@@H]1CNCCOC1.Cn1c(=O)oc2ccc(-c3ccc(CCC#N)cc3)cc21.NC=O.[HH].[HH]. The number of hydrogen-bond donors (Lipinski definition) is 3. The van der Waals surface area contributed by atoms with E-state index in [9.17, 15) is 4.79 Å². The largest absolute Gasteiger partial charge is 0.419 e. The number of hydrogen-bond acceptors (Lipinski definition) is 7. The van der Waals surface area contributed by atoms with Gasteiger partial charge in [-0.2, -0.15) is 5.26 Å². The molecular weight excluding hydrogens is 448 g/mol. The molecule has 0 aliphatic carbocycles. The van der Waals surface area contributed by atoms with Gasteiger partial charge in [-0.05, 0) is 54.6 Å². The van der Waals surface area contributed by atoms with Gasteiger partial charge in [0.2, 0.25) is 6.41 Å². The molecule has 0 saturated carbocycles. The number of amides is 1. The van der Waals surface area contributed by atoms with Crippen LogP contribution in [0.15, 0.2) is 51.7 Å². The van der Waals surface area contributed by atoms with Crippen molar-refractivity contribution in [2.75, 3.05) is 32.9 Å². The Morgan fingerprint density at radius 3 is 2.54 bits per heavy atom. The number of aryl methyl sites for hydroxylation is 2. The first-order valence-corrected chi connectivity index (χ1v) is 11.5. The van der Waals surface area contributed by atoms with Crippen molar-refractivity contribution in [1.82, 2.24) is 9.88 Å². The number of benzene rings is 2. The molecule has 0 spiro atoms. The van der Waals surface area contributed by atoms with E-state index in [2.05, 4.69) is 24.0 Å². The third-order valence-electron chi connectivity index (χ3n) is 4.92. The average molecular weight is 489 g/mol. The molecule has 4 N–H and O–H groups in total. The van der Waals surface area contributed by atoms with Crippen LogP contribution in [0.1, 0.15) is 28.7 Å². The van der Waals surface area contributed by atoms with Crippen LogP contribution in [-0.2, 0) is 23.0 Å². The second-order valence-corrected chi connectivity index (χ2v) is 7.80. The summed E-state index contributed by atoms with van der Waals surface area (Å²) < 4.78 is 11.9. The normalized spacial score (nSPS) is 14.5. The highest BCUT2D eigenvalue weighted by Gasteiger charge is 2.07. The number of aromatic nitrogens is 1. The first-order valence-electron chi connectivity index (χ1n) is 11.5. The van der Waals surface area contributed by atoms with Gasteiger partial charge in [0.25, 0.3) is 0 Å². The molecule has 1 atom stereocenters. The molecule has 1 aliphatic rings. The van der Waals surface area contributed by atoms with Crippen molar-refractivity contribution >= 4 is 17.5 Å². The van der Waals surface area contributed by atoms with Crippen molar-refractivity contribution in [3.8, 4) is 17.2 Å². The fourth-order valence-electron chi connectivity index (χ4n) is 3.21. The van der Waals surface area contributed by atoms with Gasteiger partial charge in [-0.25, -0.2) is 4.79 Å². The summed E-state index contributed by atoms with van der Waals surface area (Å²) in [6.45, 7) is 8.06. The van der Waals surface area contributed by atoms with Crippen LogP contribution >= 0.6 is 0 Å². The molecule has 9 nitrogen and oxygen atoms in total. The maximum Gasteiger partial charge on any atom is 0.419 e. The van der Waals surface area contributed by atoms with E-state index in [0.29, 0.717) is 17.9 Å². The molecule has 2 aromatic carbocycles. The smallest absolute Gasteiger partial charge is 0.408 e. The van der Waals surface area contributed by atoms with Crippen molar-refractivity contribution in [1.29, 1.82) is 5.26 Å². The van der Waals surface area contributed by atoms with Gasteiger partial charge < -0.3 is 25.3 Å². The van der Waals surface area contributed by atoms with Crippen LogP contribution in [0.4, 0.5) is 0 Å². The second kappa shape index (κ2) is 17.1. The van der Waals surface area contributed by atoms with Gasteiger partial charge in [0, 0.05) is 29.5 Å². The molecule has 9 heteroatoms. The minimum Gasteiger partial charge on any atom is -0.408 e. The van der Waals surface area contributed by atoms with Gasteiger partial charge in [0.05, 0.1) is 24.8 Å². The van der Waals surface area contributed by atoms with Crippen LogP contribution in [-0.4, -0.2) is 49.0 Å². The molecule has 0 radical (unpaired) electrons. The molecule has 3 aromatic rings. The standard InChI is InChI=1S/C17H14N2O2.C6H13NO.C2H6O.CH3NO.2H2/c1-19-15-11-14(8-9-16(15)21-17(19)20)13-6-4-12(5-7-13)3-2-10-18;1-6-4-7-2-3-8-5-6;1-2-3;2-1-3;;/h4-9,11H,2-3H2,1H3;6-7H,2-5H2,1H3;3H,2H2,1H3;1H,(H2,2,3);2*1H/t;6-;;;;/m.1..../s1. The predicted octanol–water partition coefficient (Wildman–Crippen LogP) is 3.09. The number of aliphatic hydroxyl groups excluding tert-OH is 1. The minimum atomic E-state index is -0.353. The van der Waals surface area contributed by atoms with Gasteiger partial charge in [0.15, 0.2) is 5.58 Å². The predicted molar refractivity (Wildman–Crippen MR) is 141 cm³/mol. The van der Waals surface area contributed by atoms with E-state index in [1.54, 1.807) is 14.0 Å². The van der Waals surface area contributed by atoms with E-state index in [-0.39, 0.29) is 21.6 Å². The molecule has 0 bridgehead atoms. The summed E-state index contributed by atoms with van der Waals surface area (Å²) in [4.78, 5) is 20.1. The first kappa shape index (κ1) is 29.6. The lowest BCUT2D eigenvalue weighted by Crippen LogP contribution is -2.20. The minimum absolute atomic E-state index is 0. The number of nitriles is 1.